The number of hydrogen-bond donors (Lipinski definition) is 1. The molecule has 0 fully saturated rings. The molecule has 0 spiro atoms. The Hall–Kier alpha value is -6.11. The van der Waals surface area contributed by atoms with Crippen LogP contribution in [0.2, 0.25) is 0 Å². The van der Waals surface area contributed by atoms with Crippen molar-refractivity contribution in [3.8, 4) is 56.3 Å². The highest BCUT2D eigenvalue weighted by molar-refractivity contribution is 7.26. The van der Waals surface area contributed by atoms with E-state index in [9.17, 15) is 5.11 Å². The van der Waals surface area contributed by atoms with Gasteiger partial charge in [-0.15, -0.1) is 11.3 Å². The molecule has 0 bridgehead atoms. The summed E-state index contributed by atoms with van der Waals surface area (Å²) in [5.74, 6) is 2.37. The van der Waals surface area contributed by atoms with Gasteiger partial charge in [0.15, 0.2) is 0 Å². The predicted octanol–water partition coefficient (Wildman–Crippen LogP) is 19.0. The van der Waals surface area contributed by atoms with Gasteiger partial charge < -0.3 is 5.11 Å². The van der Waals surface area contributed by atoms with Gasteiger partial charge in [0.05, 0.1) is 38.2 Å². The van der Waals surface area contributed by atoms with Crippen molar-refractivity contribution in [3.05, 3.63) is 149 Å². The first kappa shape index (κ1) is 51.8. The lowest BCUT2D eigenvalue weighted by atomic mass is 9.58. The Morgan fingerprint density at radius 3 is 1.71 bits per heavy atom. The molecular weight excluding hydrogens is 909 g/mol. The van der Waals surface area contributed by atoms with Crippen LogP contribution in [-0.4, -0.2) is 24.6 Å². The molecule has 0 unspecified atom stereocenters. The molecule has 0 saturated heterocycles. The maximum atomic E-state index is 12.7. The van der Waals surface area contributed by atoms with E-state index in [1.165, 1.54) is 26.8 Å². The van der Waals surface area contributed by atoms with Crippen LogP contribution in [0.25, 0.3) is 81.9 Å². The molecule has 0 amide bonds. The second-order valence-corrected chi connectivity index (χ2v) is 26.9. The minimum atomic E-state index is -0.334. The average Bonchev–Trinajstić information content (AvgIpc) is 3.88. The van der Waals surface area contributed by atoms with E-state index >= 15 is 0 Å². The average molecular weight is 987 g/mol. The third kappa shape index (κ3) is 9.10. The molecule has 1 N–H and O–H groups in total. The number of thiophene rings is 1. The van der Waals surface area contributed by atoms with E-state index in [-0.39, 0.29) is 32.8 Å². The molecule has 0 atom stereocenters. The maximum Gasteiger partial charge on any atom is 0.149 e. The Labute approximate surface area is 440 Å². The lowest BCUT2D eigenvalue weighted by Crippen LogP contribution is -2.42. The highest BCUT2D eigenvalue weighted by atomic mass is 32.1. The van der Waals surface area contributed by atoms with E-state index < -0.39 is 0 Å². The molecule has 0 radical (unpaired) electrons. The third-order valence-corrected chi connectivity index (χ3v) is 17.0. The molecule has 0 aliphatic rings. The molecule has 0 aliphatic carbocycles. The molecule has 3 aromatic heterocycles. The molecule has 6 aromatic carbocycles. The van der Waals surface area contributed by atoms with E-state index in [2.05, 4.69) is 244 Å². The van der Waals surface area contributed by atoms with E-state index in [1.807, 2.05) is 11.3 Å². The number of phenolic OH excluding ortho intramolecular Hbond substituents is 1. The van der Waals surface area contributed by atoms with E-state index in [4.69, 9.17) is 15.0 Å². The number of rotatable bonds is 9. The van der Waals surface area contributed by atoms with Crippen LogP contribution in [0.15, 0.2) is 122 Å². The van der Waals surface area contributed by atoms with Gasteiger partial charge in [-0.1, -0.05) is 197 Å². The monoisotopic (exact) mass is 987 g/mol. The molecule has 9 rings (SSSR count). The molecule has 0 saturated carbocycles. The van der Waals surface area contributed by atoms with Crippen molar-refractivity contribution in [2.24, 2.45) is 17.8 Å². The van der Waals surface area contributed by atoms with Gasteiger partial charge in [0.25, 0.3) is 0 Å². The number of nitrogens with zero attached hydrogens (tertiary/aromatic N) is 4. The lowest BCUT2D eigenvalue weighted by molar-refractivity contribution is 0.148. The summed E-state index contributed by atoms with van der Waals surface area (Å²) in [5, 5.41) is 13.9. The summed E-state index contributed by atoms with van der Waals surface area (Å²) in [4.78, 5) is 15.9. The quantitative estimate of drug-likeness (QED) is 0.157. The van der Waals surface area contributed by atoms with Crippen LogP contribution in [0.5, 0.6) is 5.75 Å². The number of imidazole rings is 1. The van der Waals surface area contributed by atoms with E-state index in [0.717, 1.165) is 71.6 Å². The van der Waals surface area contributed by atoms with E-state index in [1.54, 1.807) is 6.33 Å². The Morgan fingerprint density at radius 1 is 0.493 bits per heavy atom. The first-order chi connectivity index (χ1) is 34.1. The van der Waals surface area contributed by atoms with Gasteiger partial charge in [-0.2, -0.15) is 0 Å². The van der Waals surface area contributed by atoms with Crippen molar-refractivity contribution in [1.82, 2.24) is 19.5 Å². The summed E-state index contributed by atoms with van der Waals surface area (Å²) < 4.78 is 4.65. The molecule has 73 heavy (non-hydrogen) atoms. The number of phenols is 1. The fourth-order valence-corrected chi connectivity index (χ4v) is 13.2. The summed E-state index contributed by atoms with van der Waals surface area (Å²) in [7, 11) is 0. The van der Waals surface area contributed by atoms with Crippen molar-refractivity contribution in [1.29, 1.82) is 0 Å². The number of aromatic nitrogens is 4. The van der Waals surface area contributed by atoms with Crippen molar-refractivity contribution >= 4 is 42.7 Å². The van der Waals surface area contributed by atoms with Gasteiger partial charge in [0.1, 0.15) is 17.9 Å². The topological polar surface area (TPSA) is 63.8 Å². The van der Waals surface area contributed by atoms with Crippen molar-refractivity contribution in [2.75, 3.05) is 0 Å². The minimum absolute atomic E-state index is 0.0324. The third-order valence-electron chi connectivity index (χ3n) is 15.9. The summed E-state index contributed by atoms with van der Waals surface area (Å²) in [6.07, 6.45) is 1.75. The van der Waals surface area contributed by atoms with Crippen LogP contribution >= 0.6 is 11.3 Å². The predicted molar refractivity (Wildman–Crippen MR) is 314 cm³/mol. The van der Waals surface area contributed by atoms with Gasteiger partial charge in [0.2, 0.25) is 0 Å². The second-order valence-electron chi connectivity index (χ2n) is 25.9. The smallest absolute Gasteiger partial charge is 0.149 e. The number of benzene rings is 6. The summed E-state index contributed by atoms with van der Waals surface area (Å²) in [6, 6.07) is 42.6. The largest absolute Gasteiger partial charge is 0.507 e. The Balaban J connectivity index is 1.34. The van der Waals surface area contributed by atoms with Crippen LogP contribution in [0, 0.1) is 17.8 Å². The fraction of sp³-hybridized carbons (Fsp3) is 0.388. The van der Waals surface area contributed by atoms with Crippen LogP contribution in [0.4, 0.5) is 0 Å². The Kier molecular flexibility index (Phi) is 13.0. The first-order valence-corrected chi connectivity index (χ1v) is 27.4. The van der Waals surface area contributed by atoms with Crippen molar-refractivity contribution in [3.63, 3.8) is 0 Å². The van der Waals surface area contributed by atoms with Crippen LogP contribution < -0.4 is 0 Å². The molecule has 3 heterocycles. The Bertz CT molecular complexity index is 3520. The fourth-order valence-electron chi connectivity index (χ4n) is 12.0. The van der Waals surface area contributed by atoms with Crippen LogP contribution in [0.1, 0.15) is 152 Å². The SMILES string of the molecule is CC(C)C(c1ccc2c(c1)sc1c(-c3cc(-c4cccc5c4nc(-c4cc(C(C)(C)C)cc(C(C)(C)C)c4O)n5-c4ccc(C(C)(C)C)cc4-c4ccccc4)cc(C(C)(C)C)c3)ncnc12)(C(C)C)C(C)C. The highest BCUT2D eigenvalue weighted by Crippen LogP contribution is 2.50. The number of fused-ring (bicyclic) bond motifs is 4. The standard InChI is InChI=1S/C67H78N4OS/c1-39(2)67(40(3)4,41(5)6)46-27-29-50-56(37-46)73-61-57(68-38-69-59(50)61)44-31-43(32-47(33-44)64(10,11)12)49-25-22-26-55-58(49)70-62(52-35-48(65(13,14)15)36-53(60(52)72)66(16,17)18)71(55)54-30-28-45(63(7,8)9)34-51(54)42-23-20-19-21-24-42/h19-41,72H,1-18H3. The molecule has 5 nitrogen and oxygen atoms in total. The first-order valence-electron chi connectivity index (χ1n) is 26.6. The van der Waals surface area contributed by atoms with Gasteiger partial charge in [-0.3, -0.25) is 4.57 Å². The Morgan fingerprint density at radius 2 is 1.10 bits per heavy atom. The lowest BCUT2D eigenvalue weighted by Gasteiger charge is -2.46. The van der Waals surface area contributed by atoms with Crippen LogP contribution in [-0.2, 0) is 27.1 Å². The number of aromatic hydroxyl groups is 1. The maximum absolute atomic E-state index is 12.7. The molecule has 378 valence electrons. The van der Waals surface area contributed by atoms with Crippen LogP contribution in [0.3, 0.4) is 0 Å². The zero-order chi connectivity index (χ0) is 52.9. The molecule has 0 aliphatic heterocycles. The number of para-hydroxylation sites is 1. The number of hydrogen-bond acceptors (Lipinski definition) is 5. The van der Waals surface area contributed by atoms with Gasteiger partial charge in [0, 0.05) is 37.8 Å². The van der Waals surface area contributed by atoms with Gasteiger partial charge in [-0.25, -0.2) is 15.0 Å². The van der Waals surface area contributed by atoms with Gasteiger partial charge in [-0.05, 0) is 115 Å². The molecule has 6 heteroatoms. The summed E-state index contributed by atoms with van der Waals surface area (Å²) >= 11 is 1.81. The zero-order valence-electron chi connectivity index (χ0n) is 46.9. The van der Waals surface area contributed by atoms with Crippen molar-refractivity contribution < 1.29 is 5.11 Å². The normalized spacial score (nSPS) is 13.2. The second kappa shape index (κ2) is 18.4. The van der Waals surface area contributed by atoms with E-state index in [0.29, 0.717) is 29.1 Å². The molecule has 9 aromatic rings. The van der Waals surface area contributed by atoms with Gasteiger partial charge >= 0.3 is 0 Å². The minimum Gasteiger partial charge on any atom is -0.507 e. The van der Waals surface area contributed by atoms with Crippen molar-refractivity contribution in [2.45, 2.75) is 152 Å². The zero-order valence-corrected chi connectivity index (χ0v) is 47.7. The summed E-state index contributed by atoms with van der Waals surface area (Å²) in [6.45, 7) is 41.2. The highest BCUT2D eigenvalue weighted by Gasteiger charge is 2.42. The molecular formula is C67H78N4OS. The summed E-state index contributed by atoms with van der Waals surface area (Å²) in [5.41, 5.74) is 15.9.